The van der Waals surface area contributed by atoms with Crippen molar-refractivity contribution in [3.8, 4) is 0 Å². The van der Waals surface area contributed by atoms with Crippen molar-refractivity contribution in [3.63, 3.8) is 0 Å². The van der Waals surface area contributed by atoms with E-state index in [2.05, 4.69) is 30.4 Å². The number of hydrazine groups is 1. The molecule has 0 saturated heterocycles. The molecule has 1 aromatic rings. The average Bonchev–Trinajstić information content (AvgIpc) is 2.96. The Morgan fingerprint density at radius 2 is 2.42 bits per heavy atom. The molecule has 1 aliphatic carbocycles. The number of nitrogens with one attached hydrogen (secondary N) is 1. The van der Waals surface area contributed by atoms with E-state index in [9.17, 15) is 0 Å². The minimum atomic E-state index is 0.164. The molecule has 19 heavy (non-hydrogen) atoms. The molecule has 1 fully saturated rings. The maximum Gasteiger partial charge on any atom is 0.0662 e. The van der Waals surface area contributed by atoms with Crippen LogP contribution in [-0.2, 0) is 11.3 Å². The fourth-order valence-corrected chi connectivity index (χ4v) is 3.35. The Hall–Kier alpha value is -0.910. The zero-order chi connectivity index (χ0) is 13.9. The highest BCUT2D eigenvalue weighted by molar-refractivity contribution is 5.11. The summed E-state index contributed by atoms with van der Waals surface area (Å²) in [5.74, 6) is 6.39. The van der Waals surface area contributed by atoms with Crippen molar-refractivity contribution < 1.29 is 4.74 Å². The molecule has 0 radical (unpaired) electrons. The molecule has 1 aliphatic rings. The van der Waals surface area contributed by atoms with Crippen LogP contribution in [0.2, 0.25) is 0 Å². The first-order valence-corrected chi connectivity index (χ1v) is 7.07. The second kappa shape index (κ2) is 6.03. The van der Waals surface area contributed by atoms with E-state index in [1.54, 1.807) is 7.11 Å². The fourth-order valence-electron chi connectivity index (χ4n) is 3.35. The topological polar surface area (TPSA) is 65.1 Å². The molecule has 2 unspecified atom stereocenters. The summed E-state index contributed by atoms with van der Waals surface area (Å²) in [5, 5.41) is 4.38. The molecule has 108 valence electrons. The molecule has 0 spiro atoms. The highest BCUT2D eigenvalue weighted by atomic mass is 16.5. The van der Waals surface area contributed by atoms with E-state index in [0.717, 1.165) is 6.54 Å². The third-order valence-electron chi connectivity index (χ3n) is 4.50. The number of aromatic nitrogens is 2. The van der Waals surface area contributed by atoms with Crippen molar-refractivity contribution in [2.45, 2.75) is 45.7 Å². The monoisotopic (exact) mass is 266 g/mol. The predicted octanol–water partition coefficient (Wildman–Crippen LogP) is 1.86. The van der Waals surface area contributed by atoms with Crippen LogP contribution in [0.1, 0.15) is 44.8 Å². The van der Waals surface area contributed by atoms with Gasteiger partial charge in [0.1, 0.15) is 0 Å². The van der Waals surface area contributed by atoms with E-state index < -0.39 is 0 Å². The Bertz CT molecular complexity index is 402. The number of hydrogen-bond acceptors (Lipinski definition) is 4. The lowest BCUT2D eigenvalue weighted by Gasteiger charge is -2.34. The molecular weight excluding hydrogens is 240 g/mol. The molecule has 1 heterocycles. The van der Waals surface area contributed by atoms with Crippen LogP contribution < -0.4 is 11.3 Å². The van der Waals surface area contributed by atoms with E-state index in [1.165, 1.54) is 25.0 Å². The molecule has 5 heteroatoms. The first kappa shape index (κ1) is 14.5. The van der Waals surface area contributed by atoms with Gasteiger partial charge in [0.2, 0.25) is 0 Å². The van der Waals surface area contributed by atoms with Crippen LogP contribution in [0.3, 0.4) is 0 Å². The quantitative estimate of drug-likeness (QED) is 0.609. The van der Waals surface area contributed by atoms with Gasteiger partial charge in [0, 0.05) is 13.3 Å². The van der Waals surface area contributed by atoms with Gasteiger partial charge in [0.05, 0.1) is 24.9 Å². The largest absolute Gasteiger partial charge is 0.383 e. The van der Waals surface area contributed by atoms with Crippen molar-refractivity contribution in [1.82, 2.24) is 15.2 Å². The lowest BCUT2D eigenvalue weighted by atomic mass is 9.76. The number of rotatable bonds is 6. The smallest absolute Gasteiger partial charge is 0.0662 e. The van der Waals surface area contributed by atoms with Gasteiger partial charge in [0.25, 0.3) is 0 Å². The second-order valence-electron chi connectivity index (χ2n) is 6.10. The third kappa shape index (κ3) is 2.99. The van der Waals surface area contributed by atoms with E-state index in [0.29, 0.717) is 17.9 Å². The minimum absolute atomic E-state index is 0.164. The van der Waals surface area contributed by atoms with Gasteiger partial charge in [-0.2, -0.15) is 5.10 Å². The zero-order valence-corrected chi connectivity index (χ0v) is 12.2. The van der Waals surface area contributed by atoms with Gasteiger partial charge >= 0.3 is 0 Å². The van der Waals surface area contributed by atoms with Crippen LogP contribution in [0.25, 0.3) is 0 Å². The first-order chi connectivity index (χ1) is 9.10. The molecule has 0 aliphatic heterocycles. The summed E-state index contributed by atoms with van der Waals surface area (Å²) in [7, 11) is 1.71. The summed E-state index contributed by atoms with van der Waals surface area (Å²) < 4.78 is 7.14. The first-order valence-electron chi connectivity index (χ1n) is 7.07. The molecule has 5 nitrogen and oxygen atoms in total. The Kier molecular flexibility index (Phi) is 4.60. The normalized spacial score (nSPS) is 23.7. The highest BCUT2D eigenvalue weighted by Gasteiger charge is 2.40. The summed E-state index contributed by atoms with van der Waals surface area (Å²) in [6.07, 6.45) is 5.61. The standard InChI is InChI=1S/C14H26N4O/c1-14(2)7-4-5-11(14)13(17-15)12-6-8-16-18(12)9-10-19-3/h6,8,11,13,17H,4-5,7,9-10,15H2,1-3H3. The highest BCUT2D eigenvalue weighted by Crippen LogP contribution is 2.48. The Balaban J connectivity index is 2.20. The van der Waals surface area contributed by atoms with E-state index in [-0.39, 0.29) is 6.04 Å². The van der Waals surface area contributed by atoms with Crippen LogP contribution in [0.4, 0.5) is 0 Å². The maximum atomic E-state index is 5.84. The summed E-state index contributed by atoms with van der Waals surface area (Å²) in [6, 6.07) is 2.23. The van der Waals surface area contributed by atoms with Crippen molar-refractivity contribution in [1.29, 1.82) is 0 Å². The molecule has 3 N–H and O–H groups in total. The Morgan fingerprint density at radius 1 is 1.63 bits per heavy atom. The van der Waals surface area contributed by atoms with E-state index in [1.807, 2.05) is 10.9 Å². The molecule has 0 amide bonds. The van der Waals surface area contributed by atoms with Gasteiger partial charge < -0.3 is 4.74 Å². The number of nitrogens with zero attached hydrogens (tertiary/aromatic N) is 2. The average molecular weight is 266 g/mol. The van der Waals surface area contributed by atoms with E-state index in [4.69, 9.17) is 10.6 Å². The van der Waals surface area contributed by atoms with Crippen LogP contribution in [-0.4, -0.2) is 23.5 Å². The second-order valence-corrected chi connectivity index (χ2v) is 6.10. The number of hydrogen-bond donors (Lipinski definition) is 2. The maximum absolute atomic E-state index is 5.84. The van der Waals surface area contributed by atoms with Gasteiger partial charge in [-0.3, -0.25) is 16.0 Å². The van der Waals surface area contributed by atoms with Crippen molar-refractivity contribution >= 4 is 0 Å². The van der Waals surface area contributed by atoms with Gasteiger partial charge in [-0.15, -0.1) is 0 Å². The lowest BCUT2D eigenvalue weighted by Crippen LogP contribution is -2.39. The molecule has 2 rings (SSSR count). The number of methoxy groups -OCH3 is 1. The van der Waals surface area contributed by atoms with Crippen LogP contribution in [0.5, 0.6) is 0 Å². The van der Waals surface area contributed by atoms with Crippen LogP contribution in [0, 0.1) is 11.3 Å². The van der Waals surface area contributed by atoms with Gasteiger partial charge in [-0.05, 0) is 30.2 Å². The van der Waals surface area contributed by atoms with E-state index >= 15 is 0 Å². The Labute approximate surface area is 115 Å². The SMILES string of the molecule is COCCn1nccc1C(NN)C1CCCC1(C)C. The molecule has 1 saturated carbocycles. The molecule has 2 atom stereocenters. The number of ether oxygens (including phenoxy) is 1. The van der Waals surface area contributed by atoms with Gasteiger partial charge in [-0.1, -0.05) is 20.3 Å². The predicted molar refractivity (Wildman–Crippen MR) is 75.3 cm³/mol. The van der Waals surface area contributed by atoms with Gasteiger partial charge in [-0.25, -0.2) is 0 Å². The van der Waals surface area contributed by atoms with Gasteiger partial charge in [0.15, 0.2) is 0 Å². The lowest BCUT2D eigenvalue weighted by molar-refractivity contribution is 0.170. The molecule has 1 aromatic heterocycles. The zero-order valence-electron chi connectivity index (χ0n) is 12.2. The number of nitrogens with two attached hydrogens (primary N) is 1. The van der Waals surface area contributed by atoms with Crippen LogP contribution >= 0.6 is 0 Å². The summed E-state index contributed by atoms with van der Waals surface area (Å²) in [5.41, 5.74) is 4.51. The molecular formula is C14H26N4O. The summed E-state index contributed by atoms with van der Waals surface area (Å²) in [6.45, 7) is 6.11. The Morgan fingerprint density at radius 3 is 3.00 bits per heavy atom. The summed E-state index contributed by atoms with van der Waals surface area (Å²) >= 11 is 0. The minimum Gasteiger partial charge on any atom is -0.383 e. The van der Waals surface area contributed by atoms with Crippen molar-refractivity contribution in [3.05, 3.63) is 18.0 Å². The molecule has 0 aromatic carbocycles. The fraction of sp³-hybridized carbons (Fsp3) is 0.786. The summed E-state index contributed by atoms with van der Waals surface area (Å²) in [4.78, 5) is 0. The van der Waals surface area contributed by atoms with Crippen molar-refractivity contribution in [2.75, 3.05) is 13.7 Å². The van der Waals surface area contributed by atoms with Crippen molar-refractivity contribution in [2.24, 2.45) is 17.2 Å². The van der Waals surface area contributed by atoms with Crippen LogP contribution in [0.15, 0.2) is 12.3 Å². The molecule has 0 bridgehead atoms. The third-order valence-corrected chi connectivity index (χ3v) is 4.50.